The third-order valence-corrected chi connectivity index (χ3v) is 5.27. The first-order valence-electron chi connectivity index (χ1n) is 8.61. The fourth-order valence-corrected chi connectivity index (χ4v) is 3.94. The van der Waals surface area contributed by atoms with E-state index in [0.29, 0.717) is 24.8 Å². The smallest absolute Gasteiger partial charge is 0.223 e. The third kappa shape index (κ3) is 3.19. The van der Waals surface area contributed by atoms with Gasteiger partial charge in [0.1, 0.15) is 0 Å². The van der Waals surface area contributed by atoms with Crippen molar-refractivity contribution < 1.29 is 9.90 Å². The summed E-state index contributed by atoms with van der Waals surface area (Å²) >= 11 is 0. The second-order valence-electron chi connectivity index (χ2n) is 6.78. The molecular formula is C17H27N3O2. The van der Waals surface area contributed by atoms with Gasteiger partial charge in [0.25, 0.3) is 0 Å². The maximum atomic E-state index is 12.6. The van der Waals surface area contributed by atoms with Gasteiger partial charge in [-0.3, -0.25) is 9.48 Å². The summed E-state index contributed by atoms with van der Waals surface area (Å²) in [5.74, 6) is 0.875. The standard InChI is InChI=1S/C17H27N3O2/c1-19-16-11-20(9-8-14(16)15(12-21)18-19)17(22)10-13-6-4-2-3-5-7-13/h13,21H,2-12H2,1H3. The van der Waals surface area contributed by atoms with Gasteiger partial charge < -0.3 is 10.0 Å². The van der Waals surface area contributed by atoms with Crippen LogP contribution in [0.5, 0.6) is 0 Å². The van der Waals surface area contributed by atoms with Crippen molar-refractivity contribution in [2.45, 2.75) is 64.5 Å². The number of hydrogen-bond donors (Lipinski definition) is 1. The van der Waals surface area contributed by atoms with Crippen LogP contribution in [0.4, 0.5) is 0 Å². The van der Waals surface area contributed by atoms with Crippen molar-refractivity contribution >= 4 is 5.91 Å². The van der Waals surface area contributed by atoms with Gasteiger partial charge in [-0.05, 0) is 25.2 Å². The van der Waals surface area contributed by atoms with Crippen LogP contribution in [-0.4, -0.2) is 32.2 Å². The van der Waals surface area contributed by atoms with E-state index in [4.69, 9.17) is 0 Å². The second-order valence-corrected chi connectivity index (χ2v) is 6.78. The minimum absolute atomic E-state index is 0.0147. The van der Waals surface area contributed by atoms with Crippen LogP contribution in [0.3, 0.4) is 0 Å². The number of aryl methyl sites for hydroxylation is 1. The molecule has 0 unspecified atom stereocenters. The minimum atomic E-state index is -0.0147. The molecule has 2 aliphatic rings. The number of hydrogen-bond acceptors (Lipinski definition) is 3. The first-order chi connectivity index (χ1) is 10.7. The highest BCUT2D eigenvalue weighted by molar-refractivity contribution is 5.76. The number of nitrogens with zero attached hydrogens (tertiary/aromatic N) is 3. The number of aliphatic hydroxyl groups excluding tert-OH is 1. The fraction of sp³-hybridized carbons (Fsp3) is 0.765. The Morgan fingerprint density at radius 2 is 2.00 bits per heavy atom. The van der Waals surface area contributed by atoms with Crippen LogP contribution in [0.15, 0.2) is 0 Å². The van der Waals surface area contributed by atoms with E-state index in [-0.39, 0.29) is 6.61 Å². The predicted octanol–water partition coefficient (Wildman–Crippen LogP) is 2.16. The van der Waals surface area contributed by atoms with Crippen molar-refractivity contribution in [3.8, 4) is 0 Å². The van der Waals surface area contributed by atoms with Gasteiger partial charge in [0, 0.05) is 25.6 Å². The Bertz CT molecular complexity index is 530. The van der Waals surface area contributed by atoms with E-state index in [1.807, 2.05) is 16.6 Å². The molecule has 0 radical (unpaired) electrons. The highest BCUT2D eigenvalue weighted by Crippen LogP contribution is 2.28. The van der Waals surface area contributed by atoms with Crippen LogP contribution in [0, 0.1) is 5.92 Å². The average Bonchev–Trinajstić information content (AvgIpc) is 2.69. The summed E-state index contributed by atoms with van der Waals surface area (Å²) in [7, 11) is 1.90. The predicted molar refractivity (Wildman–Crippen MR) is 84.1 cm³/mol. The van der Waals surface area contributed by atoms with Gasteiger partial charge in [-0.15, -0.1) is 0 Å². The van der Waals surface area contributed by atoms with E-state index in [9.17, 15) is 9.90 Å². The largest absolute Gasteiger partial charge is 0.390 e. The third-order valence-electron chi connectivity index (χ3n) is 5.27. The van der Waals surface area contributed by atoms with E-state index in [2.05, 4.69) is 5.10 Å². The normalized spacial score (nSPS) is 19.8. The van der Waals surface area contributed by atoms with E-state index < -0.39 is 0 Å². The Labute approximate surface area is 132 Å². The second kappa shape index (κ2) is 6.82. The molecular weight excluding hydrogens is 278 g/mol. The van der Waals surface area contributed by atoms with Crippen LogP contribution in [-0.2, 0) is 31.4 Å². The monoisotopic (exact) mass is 305 g/mol. The summed E-state index contributed by atoms with van der Waals surface area (Å²) in [6.45, 7) is 1.39. The Kier molecular flexibility index (Phi) is 4.81. The fourth-order valence-electron chi connectivity index (χ4n) is 3.94. The zero-order valence-electron chi connectivity index (χ0n) is 13.6. The number of fused-ring (bicyclic) bond motifs is 1. The molecule has 0 atom stereocenters. The summed E-state index contributed by atoms with van der Waals surface area (Å²) in [5, 5.41) is 13.7. The number of carbonyl (C=O) groups excluding carboxylic acids is 1. The average molecular weight is 305 g/mol. The number of aliphatic hydroxyl groups is 1. The summed E-state index contributed by atoms with van der Waals surface area (Å²) in [5.41, 5.74) is 3.00. The molecule has 1 aromatic heterocycles. The molecule has 1 aliphatic carbocycles. The molecule has 0 spiro atoms. The molecule has 5 heteroatoms. The number of amides is 1. The lowest BCUT2D eigenvalue weighted by Gasteiger charge is -2.29. The molecule has 2 heterocycles. The van der Waals surface area contributed by atoms with Gasteiger partial charge in [0.2, 0.25) is 5.91 Å². The highest BCUT2D eigenvalue weighted by atomic mass is 16.3. The molecule has 0 bridgehead atoms. The van der Waals surface area contributed by atoms with Gasteiger partial charge in [0.05, 0.1) is 24.5 Å². The zero-order valence-corrected chi connectivity index (χ0v) is 13.6. The molecule has 0 saturated heterocycles. The van der Waals surface area contributed by atoms with Crippen LogP contribution in [0.2, 0.25) is 0 Å². The van der Waals surface area contributed by atoms with Gasteiger partial charge in [-0.25, -0.2) is 0 Å². The molecule has 122 valence electrons. The quantitative estimate of drug-likeness (QED) is 0.871. The van der Waals surface area contributed by atoms with Gasteiger partial charge in [-0.1, -0.05) is 25.7 Å². The molecule has 5 nitrogen and oxygen atoms in total. The first kappa shape index (κ1) is 15.5. The SMILES string of the molecule is Cn1nc(CO)c2c1CN(C(=O)CC1CCCCCC1)CC2. The van der Waals surface area contributed by atoms with Crippen LogP contribution >= 0.6 is 0 Å². The van der Waals surface area contributed by atoms with E-state index >= 15 is 0 Å². The van der Waals surface area contributed by atoms with Crippen molar-refractivity contribution in [2.75, 3.05) is 6.54 Å². The van der Waals surface area contributed by atoms with Crippen LogP contribution in [0.25, 0.3) is 0 Å². The summed E-state index contributed by atoms with van der Waals surface area (Å²) in [6, 6.07) is 0. The van der Waals surface area contributed by atoms with Crippen molar-refractivity contribution in [2.24, 2.45) is 13.0 Å². The lowest BCUT2D eigenvalue weighted by atomic mass is 9.95. The lowest BCUT2D eigenvalue weighted by Crippen LogP contribution is -2.37. The molecule has 1 aromatic rings. The molecule has 1 N–H and O–H groups in total. The lowest BCUT2D eigenvalue weighted by molar-refractivity contribution is -0.133. The molecule has 0 aromatic carbocycles. The summed E-state index contributed by atoms with van der Waals surface area (Å²) in [4.78, 5) is 14.6. The Morgan fingerprint density at radius 3 is 2.68 bits per heavy atom. The maximum Gasteiger partial charge on any atom is 0.223 e. The highest BCUT2D eigenvalue weighted by Gasteiger charge is 2.27. The van der Waals surface area contributed by atoms with E-state index in [0.717, 1.165) is 29.9 Å². The van der Waals surface area contributed by atoms with Gasteiger partial charge in [-0.2, -0.15) is 5.10 Å². The van der Waals surface area contributed by atoms with Crippen LogP contribution in [0.1, 0.15) is 61.9 Å². The number of carbonyl (C=O) groups is 1. The van der Waals surface area contributed by atoms with E-state index in [1.54, 1.807) is 0 Å². The minimum Gasteiger partial charge on any atom is -0.390 e. The number of rotatable bonds is 3. The van der Waals surface area contributed by atoms with E-state index in [1.165, 1.54) is 38.5 Å². The zero-order chi connectivity index (χ0) is 15.5. The Balaban J connectivity index is 1.63. The topological polar surface area (TPSA) is 58.4 Å². The number of aromatic nitrogens is 2. The molecule has 3 rings (SSSR count). The van der Waals surface area contributed by atoms with Crippen molar-refractivity contribution in [3.05, 3.63) is 17.0 Å². The van der Waals surface area contributed by atoms with Crippen molar-refractivity contribution in [1.29, 1.82) is 0 Å². The van der Waals surface area contributed by atoms with Crippen molar-refractivity contribution in [3.63, 3.8) is 0 Å². The molecule has 1 aliphatic heterocycles. The van der Waals surface area contributed by atoms with Gasteiger partial charge >= 0.3 is 0 Å². The first-order valence-corrected chi connectivity index (χ1v) is 8.61. The maximum absolute atomic E-state index is 12.6. The molecule has 22 heavy (non-hydrogen) atoms. The molecule has 1 amide bonds. The van der Waals surface area contributed by atoms with Crippen molar-refractivity contribution in [1.82, 2.24) is 14.7 Å². The van der Waals surface area contributed by atoms with Crippen LogP contribution < -0.4 is 0 Å². The Morgan fingerprint density at radius 1 is 1.27 bits per heavy atom. The molecule has 1 saturated carbocycles. The van der Waals surface area contributed by atoms with Gasteiger partial charge in [0.15, 0.2) is 0 Å². The summed E-state index contributed by atoms with van der Waals surface area (Å²) < 4.78 is 1.83. The molecule has 1 fully saturated rings. The summed E-state index contributed by atoms with van der Waals surface area (Å²) in [6.07, 6.45) is 9.17. The Hall–Kier alpha value is -1.36.